The molecule has 0 spiro atoms. The molecule has 4 nitrogen and oxygen atoms in total. The molecule has 1 rings (SSSR count). The SMILES string of the molecule is CCOC(=O)CCc1cnc(C(C)(C)C)nc1. The maximum Gasteiger partial charge on any atom is 0.306 e. The number of ether oxygens (including phenoxy) is 1. The summed E-state index contributed by atoms with van der Waals surface area (Å²) in [4.78, 5) is 19.8. The lowest BCUT2D eigenvalue weighted by Crippen LogP contribution is -2.16. The van der Waals surface area contributed by atoms with E-state index in [1.165, 1.54) is 0 Å². The lowest BCUT2D eigenvalue weighted by molar-refractivity contribution is -0.143. The smallest absolute Gasteiger partial charge is 0.306 e. The Morgan fingerprint density at radius 3 is 2.35 bits per heavy atom. The summed E-state index contributed by atoms with van der Waals surface area (Å²) in [5.41, 5.74) is 0.922. The van der Waals surface area contributed by atoms with E-state index in [0.717, 1.165) is 11.4 Å². The molecule has 0 aromatic carbocycles. The molecule has 1 aromatic heterocycles. The summed E-state index contributed by atoms with van der Waals surface area (Å²) < 4.78 is 4.86. The van der Waals surface area contributed by atoms with Crippen LogP contribution in [0.3, 0.4) is 0 Å². The average Bonchev–Trinajstić information content (AvgIpc) is 2.26. The molecular weight excluding hydrogens is 216 g/mol. The van der Waals surface area contributed by atoms with Gasteiger partial charge in [0.25, 0.3) is 0 Å². The van der Waals surface area contributed by atoms with Crippen LogP contribution in [-0.4, -0.2) is 22.5 Å². The van der Waals surface area contributed by atoms with Gasteiger partial charge < -0.3 is 4.74 Å². The number of rotatable bonds is 4. The molecule has 0 bridgehead atoms. The van der Waals surface area contributed by atoms with E-state index in [-0.39, 0.29) is 11.4 Å². The number of hydrogen-bond acceptors (Lipinski definition) is 4. The van der Waals surface area contributed by atoms with Crippen LogP contribution < -0.4 is 0 Å². The first-order chi connectivity index (χ1) is 7.93. The van der Waals surface area contributed by atoms with Gasteiger partial charge in [0, 0.05) is 24.2 Å². The highest BCUT2D eigenvalue weighted by molar-refractivity contribution is 5.69. The van der Waals surface area contributed by atoms with Crippen LogP contribution in [0.2, 0.25) is 0 Å². The first-order valence-electron chi connectivity index (χ1n) is 5.90. The van der Waals surface area contributed by atoms with E-state index in [1.807, 2.05) is 0 Å². The van der Waals surface area contributed by atoms with E-state index in [9.17, 15) is 4.79 Å². The molecule has 0 N–H and O–H groups in total. The van der Waals surface area contributed by atoms with Crippen LogP contribution in [0.15, 0.2) is 12.4 Å². The first-order valence-corrected chi connectivity index (χ1v) is 5.90. The van der Waals surface area contributed by atoms with Crippen molar-refractivity contribution in [1.29, 1.82) is 0 Å². The lowest BCUT2D eigenvalue weighted by atomic mass is 9.96. The maximum atomic E-state index is 11.2. The molecule has 0 saturated heterocycles. The molecule has 4 heteroatoms. The Kier molecular flexibility index (Phi) is 4.61. The van der Waals surface area contributed by atoms with Crippen LogP contribution in [0.4, 0.5) is 0 Å². The summed E-state index contributed by atoms with van der Waals surface area (Å²) in [6, 6.07) is 0. The van der Waals surface area contributed by atoms with Crippen molar-refractivity contribution in [3.63, 3.8) is 0 Å². The Hall–Kier alpha value is -1.45. The molecular formula is C13H20N2O2. The normalized spacial score (nSPS) is 11.3. The Morgan fingerprint density at radius 1 is 1.29 bits per heavy atom. The van der Waals surface area contributed by atoms with Crippen molar-refractivity contribution >= 4 is 5.97 Å². The number of aromatic nitrogens is 2. The van der Waals surface area contributed by atoms with Gasteiger partial charge in [-0.25, -0.2) is 9.97 Å². The topological polar surface area (TPSA) is 52.1 Å². The molecule has 17 heavy (non-hydrogen) atoms. The van der Waals surface area contributed by atoms with Crippen LogP contribution in [-0.2, 0) is 21.4 Å². The van der Waals surface area contributed by atoms with Crippen molar-refractivity contribution < 1.29 is 9.53 Å². The summed E-state index contributed by atoms with van der Waals surface area (Å²) in [6.07, 6.45) is 4.58. The number of hydrogen-bond donors (Lipinski definition) is 0. The van der Waals surface area contributed by atoms with Crippen LogP contribution >= 0.6 is 0 Å². The molecule has 0 aliphatic heterocycles. The third-order valence-electron chi connectivity index (χ3n) is 2.30. The third kappa shape index (κ3) is 4.51. The zero-order valence-corrected chi connectivity index (χ0v) is 11.0. The van der Waals surface area contributed by atoms with Crippen LogP contribution in [0.1, 0.15) is 45.5 Å². The zero-order chi connectivity index (χ0) is 12.9. The number of carbonyl (C=O) groups excluding carboxylic acids is 1. The van der Waals surface area contributed by atoms with E-state index < -0.39 is 0 Å². The van der Waals surface area contributed by atoms with Gasteiger partial charge in [-0.2, -0.15) is 0 Å². The van der Waals surface area contributed by atoms with Crippen LogP contribution in [0.5, 0.6) is 0 Å². The molecule has 0 atom stereocenters. The van der Waals surface area contributed by atoms with Crippen molar-refractivity contribution in [3.8, 4) is 0 Å². The highest BCUT2D eigenvalue weighted by Gasteiger charge is 2.16. The summed E-state index contributed by atoms with van der Waals surface area (Å²) in [6.45, 7) is 8.44. The number of aryl methyl sites for hydroxylation is 1. The minimum absolute atomic E-state index is 0.0420. The van der Waals surface area contributed by atoms with E-state index in [2.05, 4.69) is 30.7 Å². The maximum absolute atomic E-state index is 11.2. The van der Waals surface area contributed by atoms with Gasteiger partial charge in [-0.1, -0.05) is 20.8 Å². The highest BCUT2D eigenvalue weighted by Crippen LogP contribution is 2.17. The largest absolute Gasteiger partial charge is 0.466 e. The average molecular weight is 236 g/mol. The first kappa shape index (κ1) is 13.6. The van der Waals surface area contributed by atoms with Gasteiger partial charge in [0.2, 0.25) is 0 Å². The van der Waals surface area contributed by atoms with Gasteiger partial charge in [0.1, 0.15) is 5.82 Å². The quantitative estimate of drug-likeness (QED) is 0.752. The monoisotopic (exact) mass is 236 g/mol. The van der Waals surface area contributed by atoms with Crippen molar-refractivity contribution in [2.45, 2.75) is 46.0 Å². The van der Waals surface area contributed by atoms with Gasteiger partial charge in [-0.05, 0) is 18.9 Å². The molecule has 94 valence electrons. The summed E-state index contributed by atoms with van der Waals surface area (Å²) in [7, 11) is 0. The van der Waals surface area contributed by atoms with E-state index in [1.54, 1.807) is 19.3 Å². The summed E-state index contributed by atoms with van der Waals surface area (Å²) in [5.74, 6) is 0.643. The zero-order valence-electron chi connectivity index (χ0n) is 11.0. The van der Waals surface area contributed by atoms with Crippen molar-refractivity contribution in [2.24, 2.45) is 0 Å². The predicted octanol–water partition coefficient (Wildman–Crippen LogP) is 2.27. The highest BCUT2D eigenvalue weighted by atomic mass is 16.5. The number of carbonyl (C=O) groups is 1. The fourth-order valence-electron chi connectivity index (χ4n) is 1.35. The Labute approximate surface area is 102 Å². The second-order valence-corrected chi connectivity index (χ2v) is 4.97. The fourth-order valence-corrected chi connectivity index (χ4v) is 1.35. The van der Waals surface area contributed by atoms with Crippen LogP contribution in [0, 0.1) is 0 Å². The van der Waals surface area contributed by atoms with Gasteiger partial charge in [0.15, 0.2) is 0 Å². The predicted molar refractivity (Wildman–Crippen MR) is 65.7 cm³/mol. The van der Waals surface area contributed by atoms with Crippen molar-refractivity contribution in [1.82, 2.24) is 9.97 Å². The van der Waals surface area contributed by atoms with E-state index in [4.69, 9.17) is 4.74 Å². The van der Waals surface area contributed by atoms with E-state index in [0.29, 0.717) is 19.4 Å². The molecule has 0 aliphatic carbocycles. The molecule has 0 aliphatic rings. The van der Waals surface area contributed by atoms with Gasteiger partial charge >= 0.3 is 5.97 Å². The Morgan fingerprint density at radius 2 is 1.88 bits per heavy atom. The van der Waals surface area contributed by atoms with Crippen LogP contribution in [0.25, 0.3) is 0 Å². The number of esters is 1. The molecule has 1 heterocycles. The second kappa shape index (κ2) is 5.75. The van der Waals surface area contributed by atoms with Crippen molar-refractivity contribution in [3.05, 3.63) is 23.8 Å². The van der Waals surface area contributed by atoms with Crippen molar-refractivity contribution in [2.75, 3.05) is 6.61 Å². The Balaban J connectivity index is 2.54. The van der Waals surface area contributed by atoms with Gasteiger partial charge in [-0.3, -0.25) is 4.79 Å². The van der Waals surface area contributed by atoms with Gasteiger partial charge in [-0.15, -0.1) is 0 Å². The Bertz CT molecular complexity index is 366. The summed E-state index contributed by atoms with van der Waals surface area (Å²) >= 11 is 0. The third-order valence-corrected chi connectivity index (χ3v) is 2.30. The second-order valence-electron chi connectivity index (χ2n) is 4.97. The molecule has 0 fully saturated rings. The minimum atomic E-state index is -0.174. The minimum Gasteiger partial charge on any atom is -0.466 e. The molecule has 0 amide bonds. The standard InChI is InChI=1S/C13H20N2O2/c1-5-17-11(16)7-6-10-8-14-12(15-9-10)13(2,3)4/h8-9H,5-7H2,1-4H3. The molecule has 0 saturated carbocycles. The molecule has 0 unspecified atom stereocenters. The summed E-state index contributed by atoms with van der Waals surface area (Å²) in [5, 5.41) is 0. The van der Waals surface area contributed by atoms with Gasteiger partial charge in [0.05, 0.1) is 6.61 Å². The number of nitrogens with zero attached hydrogens (tertiary/aromatic N) is 2. The lowest BCUT2D eigenvalue weighted by Gasteiger charge is -2.15. The molecule has 0 radical (unpaired) electrons. The molecule has 1 aromatic rings. The van der Waals surface area contributed by atoms with E-state index >= 15 is 0 Å². The fraction of sp³-hybridized carbons (Fsp3) is 0.615.